The predicted molar refractivity (Wildman–Crippen MR) is 83.6 cm³/mol. The van der Waals surface area contributed by atoms with Gasteiger partial charge in [-0.3, -0.25) is 4.98 Å². The summed E-state index contributed by atoms with van der Waals surface area (Å²) in [6.07, 6.45) is 3.01. The first-order chi connectivity index (χ1) is 9.94. The van der Waals surface area contributed by atoms with Gasteiger partial charge in [0.1, 0.15) is 5.75 Å². The number of benzene rings is 1. The second kappa shape index (κ2) is 7.11. The normalized spacial score (nSPS) is 12.9. The van der Waals surface area contributed by atoms with Crippen LogP contribution in [0.5, 0.6) is 5.75 Å². The van der Waals surface area contributed by atoms with Gasteiger partial charge in [0.2, 0.25) is 9.05 Å². The Balaban J connectivity index is 2.13. The molecule has 4 nitrogen and oxygen atoms in total. The van der Waals surface area contributed by atoms with Gasteiger partial charge in [-0.15, -0.1) is 0 Å². The number of nitrogens with zero attached hydrogens (tertiary/aromatic N) is 1. The zero-order valence-corrected chi connectivity index (χ0v) is 13.3. The summed E-state index contributed by atoms with van der Waals surface area (Å²) < 4.78 is 28.3. The molecule has 0 saturated carbocycles. The van der Waals surface area contributed by atoms with E-state index in [2.05, 4.69) is 4.98 Å². The van der Waals surface area contributed by atoms with Gasteiger partial charge in [0, 0.05) is 28.9 Å². The summed E-state index contributed by atoms with van der Waals surface area (Å²) in [6, 6.07) is 10.8. The van der Waals surface area contributed by atoms with Crippen molar-refractivity contribution in [3.63, 3.8) is 0 Å². The Hall–Kier alpha value is -1.30. The van der Waals surface area contributed by atoms with Crippen LogP contribution in [-0.4, -0.2) is 25.8 Å². The molecular formula is C14H13Cl2NO3S. The minimum absolute atomic E-state index is 0.165. The van der Waals surface area contributed by atoms with Crippen LogP contribution in [-0.2, 0) is 9.05 Å². The molecule has 2 rings (SSSR count). The number of pyridine rings is 1. The molecule has 0 amide bonds. The van der Waals surface area contributed by atoms with Crippen molar-refractivity contribution in [2.45, 2.75) is 5.92 Å². The molecule has 0 fully saturated rings. The lowest BCUT2D eigenvalue weighted by molar-refractivity contribution is 0.295. The van der Waals surface area contributed by atoms with E-state index in [1.807, 2.05) is 30.3 Å². The van der Waals surface area contributed by atoms with Gasteiger partial charge in [-0.2, -0.15) is 0 Å². The van der Waals surface area contributed by atoms with E-state index >= 15 is 0 Å². The van der Waals surface area contributed by atoms with Crippen LogP contribution < -0.4 is 4.74 Å². The molecule has 2 aromatic rings. The zero-order valence-electron chi connectivity index (χ0n) is 10.9. The lowest BCUT2D eigenvalue weighted by atomic mass is 10.0. The van der Waals surface area contributed by atoms with E-state index in [0.29, 0.717) is 10.8 Å². The lowest BCUT2D eigenvalue weighted by Gasteiger charge is -2.16. The molecule has 1 heterocycles. The van der Waals surface area contributed by atoms with Crippen LogP contribution >= 0.6 is 22.3 Å². The first-order valence-electron chi connectivity index (χ1n) is 6.15. The van der Waals surface area contributed by atoms with E-state index in [9.17, 15) is 8.42 Å². The summed E-state index contributed by atoms with van der Waals surface area (Å²) in [7, 11) is 1.73. The van der Waals surface area contributed by atoms with Crippen LogP contribution in [0.3, 0.4) is 0 Å². The third-order valence-electron chi connectivity index (χ3n) is 2.80. The highest BCUT2D eigenvalue weighted by molar-refractivity contribution is 8.13. The number of halogens is 2. The second-order valence-corrected chi connectivity index (χ2v) is 7.72. The van der Waals surface area contributed by atoms with Crippen molar-refractivity contribution in [1.82, 2.24) is 4.98 Å². The standard InChI is InChI=1S/C14H13Cl2NO3S/c15-13-6-14(8-17-7-13)20-9-12(10-21(16,18)19)11-4-2-1-3-5-11/h1-8,12H,9-10H2. The third kappa shape index (κ3) is 5.53. The third-order valence-corrected chi connectivity index (χ3v) is 4.19. The number of hydrogen-bond acceptors (Lipinski definition) is 4. The summed E-state index contributed by atoms with van der Waals surface area (Å²) in [5.74, 6) is -0.0879. The smallest absolute Gasteiger partial charge is 0.233 e. The van der Waals surface area contributed by atoms with E-state index in [1.54, 1.807) is 6.07 Å². The molecule has 0 aliphatic rings. The molecule has 1 aromatic heterocycles. The van der Waals surface area contributed by atoms with Gasteiger partial charge in [0.05, 0.1) is 23.6 Å². The predicted octanol–water partition coefficient (Wildman–Crippen LogP) is 3.47. The van der Waals surface area contributed by atoms with E-state index < -0.39 is 9.05 Å². The number of rotatable bonds is 6. The van der Waals surface area contributed by atoms with Crippen LogP contribution in [0.25, 0.3) is 0 Å². The molecule has 0 aliphatic heterocycles. The largest absolute Gasteiger partial charge is 0.491 e. The van der Waals surface area contributed by atoms with Crippen LogP contribution in [0.15, 0.2) is 48.8 Å². The first-order valence-corrected chi connectivity index (χ1v) is 9.00. The van der Waals surface area contributed by atoms with Gasteiger partial charge >= 0.3 is 0 Å². The Morgan fingerprint density at radius 2 is 1.90 bits per heavy atom. The van der Waals surface area contributed by atoms with Gasteiger partial charge in [-0.05, 0) is 5.56 Å². The van der Waals surface area contributed by atoms with Gasteiger partial charge in [-0.1, -0.05) is 41.9 Å². The molecule has 1 aromatic carbocycles. The molecule has 0 bridgehead atoms. The van der Waals surface area contributed by atoms with Gasteiger partial charge in [0.25, 0.3) is 0 Å². The van der Waals surface area contributed by atoms with Crippen molar-refractivity contribution in [3.05, 3.63) is 59.4 Å². The Morgan fingerprint density at radius 3 is 2.52 bits per heavy atom. The maximum atomic E-state index is 11.4. The van der Waals surface area contributed by atoms with Crippen LogP contribution in [0.4, 0.5) is 0 Å². The molecule has 7 heteroatoms. The maximum absolute atomic E-state index is 11.4. The average Bonchev–Trinajstić information content (AvgIpc) is 2.43. The highest BCUT2D eigenvalue weighted by Gasteiger charge is 2.20. The number of ether oxygens (including phenoxy) is 1. The van der Waals surface area contributed by atoms with E-state index in [0.717, 1.165) is 5.56 Å². The molecule has 0 radical (unpaired) electrons. The molecule has 1 unspecified atom stereocenters. The van der Waals surface area contributed by atoms with Gasteiger partial charge in [-0.25, -0.2) is 8.42 Å². The SMILES string of the molecule is O=S(=O)(Cl)CC(COc1cncc(Cl)c1)c1ccccc1. The minimum Gasteiger partial charge on any atom is -0.491 e. The van der Waals surface area contributed by atoms with Crippen LogP contribution in [0.1, 0.15) is 11.5 Å². The Morgan fingerprint density at radius 1 is 1.19 bits per heavy atom. The molecule has 112 valence electrons. The van der Waals surface area contributed by atoms with Crippen molar-refractivity contribution in [2.75, 3.05) is 12.4 Å². The fraction of sp³-hybridized carbons (Fsp3) is 0.214. The lowest BCUT2D eigenvalue weighted by Crippen LogP contribution is -2.18. The van der Waals surface area contributed by atoms with Crippen LogP contribution in [0.2, 0.25) is 5.02 Å². The van der Waals surface area contributed by atoms with Crippen molar-refractivity contribution in [3.8, 4) is 5.75 Å². The molecule has 0 aliphatic carbocycles. The van der Waals surface area contributed by atoms with Crippen molar-refractivity contribution >= 4 is 31.3 Å². The highest BCUT2D eigenvalue weighted by atomic mass is 35.7. The molecular weight excluding hydrogens is 333 g/mol. The zero-order chi connectivity index (χ0) is 15.3. The minimum atomic E-state index is -3.63. The molecule has 0 N–H and O–H groups in total. The van der Waals surface area contributed by atoms with Gasteiger partial charge in [0.15, 0.2) is 0 Å². The Kier molecular flexibility index (Phi) is 5.45. The van der Waals surface area contributed by atoms with Crippen molar-refractivity contribution < 1.29 is 13.2 Å². The fourth-order valence-electron chi connectivity index (χ4n) is 1.87. The summed E-state index contributed by atoms with van der Waals surface area (Å²) in [5.41, 5.74) is 0.844. The average molecular weight is 346 g/mol. The Labute approximate surface area is 133 Å². The first kappa shape index (κ1) is 16.1. The molecule has 0 saturated heterocycles. The quantitative estimate of drug-likeness (QED) is 0.752. The van der Waals surface area contributed by atoms with Crippen molar-refractivity contribution in [2.24, 2.45) is 0 Å². The highest BCUT2D eigenvalue weighted by Crippen LogP contribution is 2.22. The number of aromatic nitrogens is 1. The van der Waals surface area contributed by atoms with Crippen molar-refractivity contribution in [1.29, 1.82) is 0 Å². The monoisotopic (exact) mass is 345 g/mol. The van der Waals surface area contributed by atoms with Crippen LogP contribution in [0, 0.1) is 0 Å². The van der Waals surface area contributed by atoms with E-state index in [4.69, 9.17) is 27.0 Å². The summed E-state index contributed by atoms with van der Waals surface area (Å²) >= 11 is 5.82. The molecule has 0 spiro atoms. The van der Waals surface area contributed by atoms with E-state index in [1.165, 1.54) is 12.4 Å². The number of hydrogen-bond donors (Lipinski definition) is 0. The molecule has 1 atom stereocenters. The Bertz CT molecular complexity index is 692. The topological polar surface area (TPSA) is 56.3 Å². The fourth-order valence-corrected chi connectivity index (χ4v) is 3.26. The summed E-state index contributed by atoms with van der Waals surface area (Å²) in [6.45, 7) is 0.165. The summed E-state index contributed by atoms with van der Waals surface area (Å²) in [4.78, 5) is 3.91. The summed E-state index contributed by atoms with van der Waals surface area (Å²) in [5, 5.41) is 0.453. The van der Waals surface area contributed by atoms with E-state index in [-0.39, 0.29) is 18.3 Å². The molecule has 21 heavy (non-hydrogen) atoms. The second-order valence-electron chi connectivity index (χ2n) is 4.46. The van der Waals surface area contributed by atoms with Gasteiger partial charge < -0.3 is 4.74 Å². The maximum Gasteiger partial charge on any atom is 0.233 e.